The van der Waals surface area contributed by atoms with E-state index >= 15 is 0 Å². The van der Waals surface area contributed by atoms with Crippen LogP contribution in [0.5, 0.6) is 0 Å². The van der Waals surface area contributed by atoms with Gasteiger partial charge in [0.1, 0.15) is 11.6 Å². The molecule has 50 heavy (non-hydrogen) atoms. The molecular weight excluding hydrogens is 681 g/mol. The smallest absolute Gasteiger partial charge is 0.330 e. The molecule has 0 aliphatic carbocycles. The maximum absolute atomic E-state index is 14.0. The zero-order chi connectivity index (χ0) is 36.6. The van der Waals surface area contributed by atoms with Crippen LogP contribution in [0.1, 0.15) is 90.2 Å². The lowest BCUT2D eigenvalue weighted by Crippen LogP contribution is -2.38. The van der Waals surface area contributed by atoms with Gasteiger partial charge < -0.3 is 9.47 Å². The van der Waals surface area contributed by atoms with Crippen molar-refractivity contribution in [1.29, 1.82) is 0 Å². The number of likely N-dealkylation sites (tertiary alicyclic amines) is 1. The highest BCUT2D eigenvalue weighted by atomic mass is 19.4. The molecule has 2 aromatic carbocycles. The van der Waals surface area contributed by atoms with Crippen LogP contribution in [0.2, 0.25) is 0 Å². The maximum Gasteiger partial charge on any atom is 0.416 e. The van der Waals surface area contributed by atoms with Crippen LogP contribution in [0.3, 0.4) is 0 Å². The minimum Gasteiger partial charge on any atom is -0.330 e. The number of halogens is 9. The van der Waals surface area contributed by atoms with Crippen LogP contribution in [0.25, 0.3) is 0 Å². The Hall–Kier alpha value is -4.22. The summed E-state index contributed by atoms with van der Waals surface area (Å²) in [5, 5.41) is 20.2. The number of hydrogen-bond acceptors (Lipinski definition) is 7. The molecule has 272 valence electrons. The van der Waals surface area contributed by atoms with Crippen molar-refractivity contribution in [2.75, 3.05) is 18.0 Å². The predicted molar refractivity (Wildman–Crippen MR) is 164 cm³/mol. The Morgan fingerprint density at radius 3 is 1.94 bits per heavy atom. The molecule has 0 spiro atoms. The van der Waals surface area contributed by atoms with Crippen LogP contribution in [0, 0.1) is 6.92 Å². The van der Waals surface area contributed by atoms with Gasteiger partial charge in [0.05, 0.1) is 23.7 Å². The normalized spacial score (nSPS) is 15.9. The lowest BCUT2D eigenvalue weighted by Gasteiger charge is -2.39. The van der Waals surface area contributed by atoms with Gasteiger partial charge in [0.25, 0.3) is 5.95 Å². The Bertz CT molecular complexity index is 1740. The molecule has 0 N–H and O–H groups in total. The van der Waals surface area contributed by atoms with E-state index in [1.165, 1.54) is 18.0 Å². The van der Waals surface area contributed by atoms with Gasteiger partial charge in [0.15, 0.2) is 0 Å². The van der Waals surface area contributed by atoms with E-state index in [4.69, 9.17) is 0 Å². The molecule has 2 aromatic heterocycles. The SMILES string of the molecule is CCc1nnc(C)n1C1CCN(C(CC)c2ccc(C(F)(F)F)cc2CN(Cc2cc(C(F)(F)F)cc(C(F)(F)F)c2)c2nnn(C)n2)CC1. The lowest BCUT2D eigenvalue weighted by molar-refractivity contribution is -0.143. The Morgan fingerprint density at radius 2 is 1.42 bits per heavy atom. The minimum absolute atomic E-state index is 0.0159. The Balaban J connectivity index is 1.52. The van der Waals surface area contributed by atoms with Crippen LogP contribution >= 0.6 is 0 Å². The van der Waals surface area contributed by atoms with Crippen LogP contribution in [0.15, 0.2) is 36.4 Å². The number of aromatic nitrogens is 7. The molecule has 4 aromatic rings. The van der Waals surface area contributed by atoms with E-state index in [0.717, 1.165) is 41.4 Å². The van der Waals surface area contributed by atoms with Crippen molar-refractivity contribution in [2.45, 2.75) is 90.2 Å². The Kier molecular flexibility index (Phi) is 10.5. The summed E-state index contributed by atoms with van der Waals surface area (Å²) < 4.78 is 126. The summed E-state index contributed by atoms with van der Waals surface area (Å²) in [6, 6.07) is 4.31. The van der Waals surface area contributed by atoms with Gasteiger partial charge in [-0.15, -0.1) is 15.3 Å². The molecule has 0 bridgehead atoms. The summed E-state index contributed by atoms with van der Waals surface area (Å²) in [4.78, 5) is 4.44. The van der Waals surface area contributed by atoms with Crippen LogP contribution in [0.4, 0.5) is 45.5 Å². The second kappa shape index (κ2) is 14.2. The number of piperidine rings is 1. The van der Waals surface area contributed by atoms with E-state index in [1.807, 2.05) is 20.8 Å². The highest BCUT2D eigenvalue weighted by Crippen LogP contribution is 2.39. The molecule has 0 saturated carbocycles. The molecule has 5 rings (SSSR count). The van der Waals surface area contributed by atoms with E-state index < -0.39 is 47.3 Å². The summed E-state index contributed by atoms with van der Waals surface area (Å²) in [5.74, 6) is 1.49. The molecular formula is C32H36F9N9. The fraction of sp³-hybridized carbons (Fsp3) is 0.531. The predicted octanol–water partition coefficient (Wildman–Crippen LogP) is 7.72. The standard InChI is InChI=1S/C32H36F9N9/c1-5-27(48-11-9-25(10-12-48)50-19(3)42-43-28(50)6-2)26-8-7-22(30(33,34)35)15-21(26)18-49(29-44-46-47(4)45-29)17-20-13-23(31(36,37)38)16-24(14-20)32(39,40)41/h7-8,13-16,25,27H,5-6,9-12,17-18H2,1-4H3. The summed E-state index contributed by atoms with van der Waals surface area (Å²) in [6.45, 7) is 6.07. The van der Waals surface area contributed by atoms with Crippen LogP contribution in [-0.4, -0.2) is 53.0 Å². The second-order valence-electron chi connectivity index (χ2n) is 12.3. The first-order valence-electron chi connectivity index (χ1n) is 16.0. The third-order valence-electron chi connectivity index (χ3n) is 8.94. The van der Waals surface area contributed by atoms with Crippen molar-refractivity contribution in [1.82, 2.24) is 39.9 Å². The lowest BCUT2D eigenvalue weighted by atomic mass is 9.92. The number of tetrazole rings is 1. The molecule has 0 amide bonds. The molecule has 1 aliphatic heterocycles. The Labute approximate surface area is 282 Å². The van der Waals surface area contributed by atoms with E-state index in [2.05, 4.69) is 35.1 Å². The van der Waals surface area contributed by atoms with Gasteiger partial charge in [-0.1, -0.05) is 25.0 Å². The summed E-state index contributed by atoms with van der Waals surface area (Å²) in [5.41, 5.74) is -3.66. The fourth-order valence-corrected chi connectivity index (χ4v) is 6.64. The highest BCUT2D eigenvalue weighted by Gasteiger charge is 2.38. The van der Waals surface area contributed by atoms with Crippen molar-refractivity contribution >= 4 is 5.95 Å². The number of anilines is 1. The summed E-state index contributed by atoms with van der Waals surface area (Å²) in [6.07, 6.45) is -12.2. The van der Waals surface area contributed by atoms with Crippen molar-refractivity contribution < 1.29 is 39.5 Å². The van der Waals surface area contributed by atoms with Gasteiger partial charge in [0.2, 0.25) is 0 Å². The average molecular weight is 718 g/mol. The molecule has 18 heteroatoms. The van der Waals surface area contributed by atoms with E-state index in [9.17, 15) is 39.5 Å². The molecule has 1 fully saturated rings. The number of alkyl halides is 9. The summed E-state index contributed by atoms with van der Waals surface area (Å²) in [7, 11) is 1.40. The molecule has 3 heterocycles. The first-order chi connectivity index (χ1) is 23.4. The van der Waals surface area contributed by atoms with Gasteiger partial charge in [0, 0.05) is 44.7 Å². The van der Waals surface area contributed by atoms with Crippen molar-refractivity contribution in [3.8, 4) is 0 Å². The van der Waals surface area contributed by atoms with Gasteiger partial charge in [-0.25, -0.2) is 0 Å². The topological polar surface area (TPSA) is 80.8 Å². The van der Waals surface area contributed by atoms with Crippen LogP contribution < -0.4 is 4.90 Å². The summed E-state index contributed by atoms with van der Waals surface area (Å²) >= 11 is 0. The first kappa shape index (κ1) is 37.0. The third kappa shape index (κ3) is 8.21. The van der Waals surface area contributed by atoms with E-state index in [-0.39, 0.29) is 36.2 Å². The molecule has 0 radical (unpaired) electrons. The number of rotatable bonds is 10. The molecule has 1 atom stereocenters. The van der Waals surface area contributed by atoms with Gasteiger partial charge in [-0.05, 0) is 78.4 Å². The second-order valence-corrected chi connectivity index (χ2v) is 12.3. The minimum atomic E-state index is -5.09. The van der Waals surface area contributed by atoms with E-state index in [0.29, 0.717) is 43.6 Å². The molecule has 1 aliphatic rings. The van der Waals surface area contributed by atoms with Crippen molar-refractivity contribution in [3.05, 3.63) is 81.4 Å². The molecule has 1 saturated heterocycles. The monoisotopic (exact) mass is 717 g/mol. The zero-order valence-corrected chi connectivity index (χ0v) is 27.7. The molecule has 1 unspecified atom stereocenters. The van der Waals surface area contributed by atoms with Gasteiger partial charge in [-0.2, -0.15) is 44.3 Å². The third-order valence-corrected chi connectivity index (χ3v) is 8.94. The average Bonchev–Trinajstić information content (AvgIpc) is 3.65. The number of hydrogen-bond donors (Lipinski definition) is 0. The number of benzene rings is 2. The zero-order valence-electron chi connectivity index (χ0n) is 27.7. The fourth-order valence-electron chi connectivity index (χ4n) is 6.64. The highest BCUT2D eigenvalue weighted by molar-refractivity contribution is 5.42. The first-order valence-corrected chi connectivity index (χ1v) is 16.0. The van der Waals surface area contributed by atoms with Gasteiger partial charge in [-0.3, -0.25) is 4.90 Å². The van der Waals surface area contributed by atoms with Crippen LogP contribution in [-0.2, 0) is 45.1 Å². The maximum atomic E-state index is 14.0. The number of nitrogens with zero attached hydrogens (tertiary/aromatic N) is 9. The van der Waals surface area contributed by atoms with Crippen molar-refractivity contribution in [2.24, 2.45) is 7.05 Å². The van der Waals surface area contributed by atoms with E-state index in [1.54, 1.807) is 0 Å². The molecule has 9 nitrogen and oxygen atoms in total. The quantitative estimate of drug-likeness (QED) is 0.156. The number of aryl methyl sites for hydroxylation is 3. The Morgan fingerprint density at radius 1 is 0.800 bits per heavy atom. The van der Waals surface area contributed by atoms with Crippen molar-refractivity contribution in [3.63, 3.8) is 0 Å². The van der Waals surface area contributed by atoms with Gasteiger partial charge >= 0.3 is 18.5 Å². The largest absolute Gasteiger partial charge is 0.416 e.